The monoisotopic (exact) mass is 265 g/mol. The molecule has 0 saturated heterocycles. The van der Waals surface area contributed by atoms with E-state index >= 15 is 0 Å². The van der Waals surface area contributed by atoms with Gasteiger partial charge in [0.15, 0.2) is 0 Å². The highest BCUT2D eigenvalue weighted by atomic mass is 15.0. The van der Waals surface area contributed by atoms with Crippen LogP contribution in [0, 0.1) is 0 Å². The molecule has 0 unspecified atom stereocenters. The number of hydrogen-bond donors (Lipinski definition) is 1. The number of imidazole rings is 1. The summed E-state index contributed by atoms with van der Waals surface area (Å²) in [6, 6.07) is 14.6. The van der Waals surface area contributed by atoms with Crippen molar-refractivity contribution in [2.45, 2.75) is 26.3 Å². The fourth-order valence-corrected chi connectivity index (χ4v) is 2.50. The van der Waals surface area contributed by atoms with Gasteiger partial charge >= 0.3 is 0 Å². The van der Waals surface area contributed by atoms with E-state index in [2.05, 4.69) is 42.5 Å². The van der Waals surface area contributed by atoms with Crippen molar-refractivity contribution < 1.29 is 0 Å². The van der Waals surface area contributed by atoms with Gasteiger partial charge in [-0.15, -0.1) is 0 Å². The van der Waals surface area contributed by atoms with Crippen molar-refractivity contribution in [2.75, 3.05) is 0 Å². The molecule has 3 rings (SSSR count). The molecule has 3 aromatic rings. The van der Waals surface area contributed by atoms with Gasteiger partial charge in [-0.2, -0.15) is 0 Å². The second kappa shape index (κ2) is 5.10. The van der Waals surface area contributed by atoms with E-state index in [4.69, 9.17) is 10.7 Å². The first kappa shape index (κ1) is 12.9. The predicted molar refractivity (Wildman–Crippen MR) is 82.6 cm³/mol. The summed E-state index contributed by atoms with van der Waals surface area (Å²) in [6.07, 6.45) is 2.01. The van der Waals surface area contributed by atoms with Gasteiger partial charge in [-0.25, -0.2) is 4.98 Å². The summed E-state index contributed by atoms with van der Waals surface area (Å²) in [5.74, 6) is 0.541. The minimum atomic E-state index is 0.479. The Labute approximate surface area is 119 Å². The van der Waals surface area contributed by atoms with E-state index < -0.39 is 0 Å². The van der Waals surface area contributed by atoms with Crippen LogP contribution in [-0.2, 0) is 6.54 Å². The Morgan fingerprint density at radius 2 is 1.85 bits per heavy atom. The van der Waals surface area contributed by atoms with Crippen LogP contribution in [0.25, 0.3) is 16.9 Å². The Kier molecular flexibility index (Phi) is 3.28. The lowest BCUT2D eigenvalue weighted by Crippen LogP contribution is -2.02. The molecule has 0 fully saturated rings. The molecule has 0 aliphatic rings. The summed E-state index contributed by atoms with van der Waals surface area (Å²) >= 11 is 0. The molecule has 3 heteroatoms. The van der Waals surface area contributed by atoms with Gasteiger partial charge in [-0.3, -0.25) is 0 Å². The third-order valence-corrected chi connectivity index (χ3v) is 3.67. The molecule has 0 aliphatic carbocycles. The van der Waals surface area contributed by atoms with Crippen LogP contribution in [0.15, 0.2) is 48.7 Å². The fourth-order valence-electron chi connectivity index (χ4n) is 2.50. The molecule has 0 amide bonds. The Balaban J connectivity index is 2.13. The molecule has 3 nitrogen and oxygen atoms in total. The highest BCUT2D eigenvalue weighted by molar-refractivity contribution is 5.66. The van der Waals surface area contributed by atoms with Crippen molar-refractivity contribution >= 4 is 5.65 Å². The van der Waals surface area contributed by atoms with E-state index in [1.807, 2.05) is 24.4 Å². The first-order valence-corrected chi connectivity index (χ1v) is 6.97. The van der Waals surface area contributed by atoms with E-state index in [-0.39, 0.29) is 0 Å². The van der Waals surface area contributed by atoms with Crippen molar-refractivity contribution in [2.24, 2.45) is 5.73 Å². The van der Waals surface area contributed by atoms with E-state index in [9.17, 15) is 0 Å². The zero-order valence-electron chi connectivity index (χ0n) is 11.9. The molecule has 0 radical (unpaired) electrons. The SMILES string of the molecule is CC(C)c1ccc(-c2nc3ccccn3c2CN)cc1. The number of rotatable bonds is 3. The normalized spacial score (nSPS) is 11.4. The second-order valence-corrected chi connectivity index (χ2v) is 5.32. The zero-order valence-corrected chi connectivity index (χ0v) is 11.9. The summed E-state index contributed by atoms with van der Waals surface area (Å²) in [4.78, 5) is 4.71. The van der Waals surface area contributed by atoms with Gasteiger partial charge in [-0.05, 0) is 23.6 Å². The third kappa shape index (κ3) is 2.10. The number of pyridine rings is 1. The molecule has 102 valence electrons. The van der Waals surface area contributed by atoms with Crippen LogP contribution in [0.5, 0.6) is 0 Å². The maximum Gasteiger partial charge on any atom is 0.137 e. The Hall–Kier alpha value is -2.13. The quantitative estimate of drug-likeness (QED) is 0.786. The zero-order chi connectivity index (χ0) is 14.1. The topological polar surface area (TPSA) is 43.3 Å². The van der Waals surface area contributed by atoms with Crippen LogP contribution < -0.4 is 5.73 Å². The van der Waals surface area contributed by atoms with Crippen molar-refractivity contribution in [3.8, 4) is 11.3 Å². The standard InChI is InChI=1S/C17H19N3/c1-12(2)13-6-8-14(9-7-13)17-15(11-18)20-10-4-3-5-16(20)19-17/h3-10,12H,11,18H2,1-2H3. The highest BCUT2D eigenvalue weighted by Crippen LogP contribution is 2.26. The summed E-state index contributed by atoms with van der Waals surface area (Å²) in [5.41, 5.74) is 11.4. The molecule has 0 bridgehead atoms. The van der Waals surface area contributed by atoms with Crippen molar-refractivity contribution in [3.63, 3.8) is 0 Å². The molecule has 0 saturated carbocycles. The van der Waals surface area contributed by atoms with E-state index in [1.165, 1.54) is 5.56 Å². The van der Waals surface area contributed by atoms with Gasteiger partial charge in [0.05, 0.1) is 11.4 Å². The average Bonchev–Trinajstić information content (AvgIpc) is 2.85. The average molecular weight is 265 g/mol. The number of nitrogens with zero attached hydrogens (tertiary/aromatic N) is 2. The summed E-state index contributed by atoms with van der Waals surface area (Å²) in [6.45, 7) is 4.88. The molecular formula is C17H19N3. The van der Waals surface area contributed by atoms with Crippen LogP contribution in [0.4, 0.5) is 0 Å². The van der Waals surface area contributed by atoms with Gasteiger partial charge in [0.2, 0.25) is 0 Å². The fraction of sp³-hybridized carbons (Fsp3) is 0.235. The van der Waals surface area contributed by atoms with E-state index in [0.717, 1.165) is 22.6 Å². The number of fused-ring (bicyclic) bond motifs is 1. The van der Waals surface area contributed by atoms with Gasteiger partial charge in [0.25, 0.3) is 0 Å². The van der Waals surface area contributed by atoms with Crippen molar-refractivity contribution in [1.82, 2.24) is 9.38 Å². The number of aromatic nitrogens is 2. The summed E-state index contributed by atoms with van der Waals surface area (Å²) in [5, 5.41) is 0. The van der Waals surface area contributed by atoms with Crippen molar-refractivity contribution in [1.29, 1.82) is 0 Å². The molecule has 2 heterocycles. The molecule has 0 spiro atoms. The van der Waals surface area contributed by atoms with Gasteiger partial charge in [0, 0.05) is 18.3 Å². The second-order valence-electron chi connectivity index (χ2n) is 5.32. The van der Waals surface area contributed by atoms with Crippen LogP contribution in [-0.4, -0.2) is 9.38 Å². The minimum Gasteiger partial charge on any atom is -0.325 e. The van der Waals surface area contributed by atoms with Gasteiger partial charge in [0.1, 0.15) is 5.65 Å². The third-order valence-electron chi connectivity index (χ3n) is 3.67. The van der Waals surface area contributed by atoms with E-state index in [1.54, 1.807) is 0 Å². The first-order valence-electron chi connectivity index (χ1n) is 6.97. The van der Waals surface area contributed by atoms with Crippen molar-refractivity contribution in [3.05, 3.63) is 59.9 Å². The smallest absolute Gasteiger partial charge is 0.137 e. The van der Waals surface area contributed by atoms with Crippen LogP contribution >= 0.6 is 0 Å². The number of hydrogen-bond acceptors (Lipinski definition) is 2. The molecule has 20 heavy (non-hydrogen) atoms. The predicted octanol–water partition coefficient (Wildman–Crippen LogP) is 3.58. The lowest BCUT2D eigenvalue weighted by molar-refractivity contribution is 0.867. The van der Waals surface area contributed by atoms with E-state index in [0.29, 0.717) is 12.5 Å². The minimum absolute atomic E-state index is 0.479. The number of benzene rings is 1. The molecule has 0 atom stereocenters. The lowest BCUT2D eigenvalue weighted by Gasteiger charge is -2.07. The maximum absolute atomic E-state index is 5.92. The molecule has 2 N–H and O–H groups in total. The molecule has 0 aliphatic heterocycles. The Morgan fingerprint density at radius 1 is 1.10 bits per heavy atom. The largest absolute Gasteiger partial charge is 0.325 e. The molecule has 1 aromatic carbocycles. The summed E-state index contributed by atoms with van der Waals surface area (Å²) < 4.78 is 2.06. The number of nitrogens with two attached hydrogens (primary N) is 1. The summed E-state index contributed by atoms with van der Waals surface area (Å²) in [7, 11) is 0. The Morgan fingerprint density at radius 3 is 2.50 bits per heavy atom. The lowest BCUT2D eigenvalue weighted by atomic mass is 10.0. The first-order chi connectivity index (χ1) is 9.70. The highest BCUT2D eigenvalue weighted by Gasteiger charge is 2.12. The van der Waals surface area contributed by atoms with Gasteiger partial charge in [-0.1, -0.05) is 44.2 Å². The van der Waals surface area contributed by atoms with Crippen LogP contribution in [0.1, 0.15) is 31.0 Å². The van der Waals surface area contributed by atoms with Crippen LogP contribution in [0.2, 0.25) is 0 Å². The van der Waals surface area contributed by atoms with Crippen LogP contribution in [0.3, 0.4) is 0 Å². The Bertz CT molecular complexity index is 724. The van der Waals surface area contributed by atoms with Gasteiger partial charge < -0.3 is 10.1 Å². The maximum atomic E-state index is 5.92. The molecule has 2 aromatic heterocycles. The molecular weight excluding hydrogens is 246 g/mol.